The molecule has 6 aromatic rings. The van der Waals surface area contributed by atoms with Gasteiger partial charge in [-0.1, -0.05) is 71.0 Å². The fraction of sp³-hybridized carbons (Fsp3) is 0.286. The van der Waals surface area contributed by atoms with E-state index in [1.807, 2.05) is 6.20 Å². The average molecular weight is 502 g/mol. The summed E-state index contributed by atoms with van der Waals surface area (Å²) < 4.78 is 13.1. The molecule has 0 atom stereocenters. The summed E-state index contributed by atoms with van der Waals surface area (Å²) in [6, 6.07) is 21.6. The van der Waals surface area contributed by atoms with E-state index >= 15 is 0 Å². The third-order valence-electron chi connectivity index (χ3n) is 7.67. The molecule has 0 aliphatic heterocycles. The van der Waals surface area contributed by atoms with E-state index in [0.717, 1.165) is 56.9 Å². The number of para-hydroxylation sites is 1. The molecule has 0 bridgehead atoms. The molecule has 192 valence electrons. The van der Waals surface area contributed by atoms with E-state index in [1.165, 1.54) is 27.3 Å². The highest BCUT2D eigenvalue weighted by Crippen LogP contribution is 2.42. The molecule has 38 heavy (non-hydrogen) atoms. The van der Waals surface area contributed by atoms with Crippen molar-refractivity contribution in [2.45, 2.75) is 60.3 Å². The molecule has 0 unspecified atom stereocenters. The van der Waals surface area contributed by atoms with Crippen LogP contribution in [0.1, 0.15) is 57.1 Å². The van der Waals surface area contributed by atoms with Crippen LogP contribution in [0.4, 0.5) is 0 Å². The number of hydrogen-bond donors (Lipinski definition) is 0. The Bertz CT molecular complexity index is 1820. The first-order valence-corrected chi connectivity index (χ1v) is 13.6. The molecule has 0 radical (unpaired) electrons. The zero-order chi connectivity index (χ0) is 26.8. The van der Waals surface area contributed by atoms with Crippen molar-refractivity contribution in [3.05, 3.63) is 89.3 Å². The number of rotatable bonds is 4. The van der Waals surface area contributed by atoms with Gasteiger partial charge in [0.1, 0.15) is 22.8 Å². The summed E-state index contributed by atoms with van der Waals surface area (Å²) in [5, 5.41) is 4.75. The highest BCUT2D eigenvalue weighted by Gasteiger charge is 2.24. The smallest absolute Gasteiger partial charge is 0.161 e. The van der Waals surface area contributed by atoms with E-state index in [0.29, 0.717) is 5.92 Å². The number of aromatic nitrogens is 1. The molecule has 0 amide bonds. The minimum Gasteiger partial charge on any atom is -0.460 e. The van der Waals surface area contributed by atoms with Crippen molar-refractivity contribution >= 4 is 32.7 Å². The quantitative estimate of drug-likeness (QED) is 0.241. The van der Waals surface area contributed by atoms with Crippen molar-refractivity contribution in [2.24, 2.45) is 5.92 Å². The van der Waals surface area contributed by atoms with E-state index in [9.17, 15) is 0 Å². The van der Waals surface area contributed by atoms with Gasteiger partial charge in [-0.15, -0.1) is 0 Å². The van der Waals surface area contributed by atoms with Crippen molar-refractivity contribution in [1.82, 2.24) is 4.98 Å². The van der Waals surface area contributed by atoms with Crippen molar-refractivity contribution < 1.29 is 8.83 Å². The van der Waals surface area contributed by atoms with Crippen LogP contribution in [-0.2, 0) is 11.8 Å². The van der Waals surface area contributed by atoms with Gasteiger partial charge in [0.05, 0.1) is 5.56 Å². The second-order valence-electron chi connectivity index (χ2n) is 12.0. The molecular formula is C35H35NO2. The number of benzene rings is 3. The Kier molecular flexibility index (Phi) is 5.72. The topological polar surface area (TPSA) is 39.2 Å². The van der Waals surface area contributed by atoms with Crippen LogP contribution >= 0.6 is 0 Å². The lowest BCUT2D eigenvalue weighted by Crippen LogP contribution is -2.12. The number of aryl methyl sites for hydroxylation is 2. The highest BCUT2D eigenvalue weighted by atomic mass is 16.4. The van der Waals surface area contributed by atoms with Crippen LogP contribution in [0.3, 0.4) is 0 Å². The standard InChI is InChI=1S/C35H35NO2/c1-20(2)17-29-22(4)37-33-27(29)13-10-14-28(33)32-21(3)25-15-16-36-31(34(25)38-32)24-18-23-11-8-9-12-26(23)30(19-24)35(5,6)7/h8-16,18-20H,17H2,1-7H3. The molecule has 6 rings (SSSR count). The fourth-order valence-electron chi connectivity index (χ4n) is 5.81. The third-order valence-corrected chi connectivity index (χ3v) is 7.67. The van der Waals surface area contributed by atoms with Crippen LogP contribution in [0.2, 0.25) is 0 Å². The molecule has 3 nitrogen and oxygen atoms in total. The SMILES string of the molecule is Cc1oc2c(-c3oc4c(-c5cc(C(C)(C)C)c6ccccc6c5)nccc4c3C)cccc2c1CC(C)C. The first-order chi connectivity index (χ1) is 18.1. The van der Waals surface area contributed by atoms with Crippen LogP contribution in [-0.4, -0.2) is 4.98 Å². The molecule has 3 heterocycles. The van der Waals surface area contributed by atoms with E-state index in [1.54, 1.807) is 0 Å². The van der Waals surface area contributed by atoms with Gasteiger partial charge in [-0.05, 0) is 72.2 Å². The van der Waals surface area contributed by atoms with E-state index in [2.05, 4.69) is 109 Å². The molecule has 0 N–H and O–H groups in total. The number of hydrogen-bond acceptors (Lipinski definition) is 3. The Morgan fingerprint density at radius 1 is 0.816 bits per heavy atom. The number of pyridine rings is 1. The van der Waals surface area contributed by atoms with Gasteiger partial charge in [0.25, 0.3) is 0 Å². The Hall–Kier alpha value is -3.85. The number of fused-ring (bicyclic) bond motifs is 3. The Balaban J connectivity index is 1.58. The van der Waals surface area contributed by atoms with Gasteiger partial charge < -0.3 is 8.83 Å². The summed E-state index contributed by atoms with van der Waals surface area (Å²) in [4.78, 5) is 4.85. The molecule has 3 aromatic carbocycles. The van der Waals surface area contributed by atoms with Crippen molar-refractivity contribution in [1.29, 1.82) is 0 Å². The van der Waals surface area contributed by atoms with Crippen LogP contribution in [0.5, 0.6) is 0 Å². The summed E-state index contributed by atoms with van der Waals surface area (Å²) in [6.07, 6.45) is 2.89. The van der Waals surface area contributed by atoms with Crippen LogP contribution in [0.15, 0.2) is 75.7 Å². The Morgan fingerprint density at radius 2 is 1.58 bits per heavy atom. The normalized spacial score (nSPS) is 12.4. The molecule has 3 heteroatoms. The van der Waals surface area contributed by atoms with Crippen molar-refractivity contribution in [2.75, 3.05) is 0 Å². The fourth-order valence-corrected chi connectivity index (χ4v) is 5.81. The van der Waals surface area contributed by atoms with Gasteiger partial charge in [0, 0.05) is 33.7 Å². The number of nitrogens with zero attached hydrogens (tertiary/aromatic N) is 1. The predicted molar refractivity (Wildman–Crippen MR) is 159 cm³/mol. The molecule has 0 fully saturated rings. The molecule has 3 aromatic heterocycles. The minimum absolute atomic E-state index is 0.00572. The minimum atomic E-state index is -0.00572. The van der Waals surface area contributed by atoms with Crippen LogP contribution < -0.4 is 0 Å². The van der Waals surface area contributed by atoms with Crippen molar-refractivity contribution in [3.8, 4) is 22.6 Å². The second-order valence-corrected chi connectivity index (χ2v) is 12.0. The average Bonchev–Trinajstić information content (AvgIpc) is 3.38. The summed E-state index contributed by atoms with van der Waals surface area (Å²) in [6.45, 7) is 15.5. The lowest BCUT2D eigenvalue weighted by molar-refractivity contribution is 0.558. The van der Waals surface area contributed by atoms with E-state index in [4.69, 9.17) is 13.8 Å². The molecule has 0 spiro atoms. The van der Waals surface area contributed by atoms with Gasteiger partial charge in [0.15, 0.2) is 5.58 Å². The summed E-state index contributed by atoms with van der Waals surface area (Å²) >= 11 is 0. The predicted octanol–water partition coefficient (Wildman–Crippen LogP) is 10.2. The molecular weight excluding hydrogens is 466 g/mol. The third kappa shape index (κ3) is 3.93. The number of furan rings is 2. The molecule has 0 saturated heterocycles. The van der Waals surface area contributed by atoms with Crippen LogP contribution in [0, 0.1) is 19.8 Å². The largest absolute Gasteiger partial charge is 0.460 e. The summed E-state index contributed by atoms with van der Waals surface area (Å²) in [5.41, 5.74) is 8.36. The summed E-state index contributed by atoms with van der Waals surface area (Å²) in [7, 11) is 0. The van der Waals surface area contributed by atoms with Gasteiger partial charge in [0.2, 0.25) is 0 Å². The summed E-state index contributed by atoms with van der Waals surface area (Å²) in [5.74, 6) is 2.39. The van der Waals surface area contributed by atoms with Crippen molar-refractivity contribution in [3.63, 3.8) is 0 Å². The van der Waals surface area contributed by atoms with E-state index in [-0.39, 0.29) is 5.41 Å². The van der Waals surface area contributed by atoms with Gasteiger partial charge in [-0.2, -0.15) is 0 Å². The zero-order valence-corrected chi connectivity index (χ0v) is 23.4. The van der Waals surface area contributed by atoms with Crippen LogP contribution in [0.25, 0.3) is 55.3 Å². The zero-order valence-electron chi connectivity index (χ0n) is 23.4. The second kappa shape index (κ2) is 8.87. The highest BCUT2D eigenvalue weighted by molar-refractivity contribution is 6.02. The first kappa shape index (κ1) is 24.5. The molecule has 0 aliphatic carbocycles. The lowest BCUT2D eigenvalue weighted by atomic mass is 9.82. The van der Waals surface area contributed by atoms with E-state index < -0.39 is 0 Å². The maximum Gasteiger partial charge on any atom is 0.161 e. The van der Waals surface area contributed by atoms with Gasteiger partial charge >= 0.3 is 0 Å². The van der Waals surface area contributed by atoms with Gasteiger partial charge in [-0.25, -0.2) is 0 Å². The van der Waals surface area contributed by atoms with Gasteiger partial charge in [-0.3, -0.25) is 4.98 Å². The first-order valence-electron chi connectivity index (χ1n) is 13.6. The molecule has 0 aliphatic rings. The maximum atomic E-state index is 6.72. The Morgan fingerprint density at radius 3 is 2.34 bits per heavy atom. The molecule has 0 saturated carbocycles. The Labute approximate surface area is 224 Å². The monoisotopic (exact) mass is 501 g/mol. The lowest BCUT2D eigenvalue weighted by Gasteiger charge is -2.22. The maximum absolute atomic E-state index is 6.72.